The molecule has 1 aliphatic heterocycles. The number of hydrogen-bond acceptors (Lipinski definition) is 3. The second kappa shape index (κ2) is 5.34. The zero-order valence-corrected chi connectivity index (χ0v) is 12.9. The van der Waals surface area contributed by atoms with Gasteiger partial charge in [0, 0.05) is 19.6 Å². The largest absolute Gasteiger partial charge is 0.508 e. The fourth-order valence-electron chi connectivity index (χ4n) is 3.90. The van der Waals surface area contributed by atoms with Crippen LogP contribution >= 0.6 is 0 Å². The van der Waals surface area contributed by atoms with Gasteiger partial charge in [0.15, 0.2) is 0 Å². The van der Waals surface area contributed by atoms with Crippen molar-refractivity contribution in [2.45, 2.75) is 38.6 Å². The normalized spacial score (nSPS) is 29.1. The number of carbonyl (C=O) groups is 1. The first kappa shape index (κ1) is 14.4. The van der Waals surface area contributed by atoms with Crippen molar-refractivity contribution < 1.29 is 9.90 Å². The molecule has 2 aliphatic rings. The first-order valence-electron chi connectivity index (χ1n) is 7.81. The third kappa shape index (κ3) is 2.53. The maximum absolute atomic E-state index is 12.1. The second-order valence-corrected chi connectivity index (χ2v) is 6.65. The van der Waals surface area contributed by atoms with E-state index in [-0.39, 0.29) is 11.3 Å². The van der Waals surface area contributed by atoms with Crippen molar-refractivity contribution in [3.63, 3.8) is 0 Å². The summed E-state index contributed by atoms with van der Waals surface area (Å²) in [6.07, 6.45) is 4.24. The van der Waals surface area contributed by atoms with Crippen LogP contribution in [0.4, 0.5) is 0 Å². The average Bonchev–Trinajstić information content (AvgIpc) is 2.89. The van der Waals surface area contributed by atoms with Gasteiger partial charge in [0.05, 0.1) is 5.41 Å². The average molecular weight is 288 g/mol. The van der Waals surface area contributed by atoms with Crippen molar-refractivity contribution in [1.82, 2.24) is 10.2 Å². The highest BCUT2D eigenvalue weighted by Crippen LogP contribution is 2.41. The molecule has 0 radical (unpaired) electrons. The van der Waals surface area contributed by atoms with Crippen LogP contribution in [0, 0.1) is 5.41 Å². The number of aromatic hydroxyl groups is 1. The number of carbonyl (C=O) groups excluding carboxylic acids is 1. The topological polar surface area (TPSA) is 52.6 Å². The molecule has 114 valence electrons. The number of amides is 1. The van der Waals surface area contributed by atoms with Gasteiger partial charge in [-0.3, -0.25) is 9.69 Å². The number of rotatable bonds is 2. The van der Waals surface area contributed by atoms with E-state index in [1.807, 2.05) is 6.07 Å². The maximum Gasteiger partial charge on any atom is 0.227 e. The Balaban J connectivity index is 1.83. The molecule has 1 aromatic carbocycles. The summed E-state index contributed by atoms with van der Waals surface area (Å²) in [5, 5.41) is 12.5. The van der Waals surface area contributed by atoms with E-state index in [9.17, 15) is 9.90 Å². The fourth-order valence-corrected chi connectivity index (χ4v) is 3.90. The van der Waals surface area contributed by atoms with E-state index in [0.29, 0.717) is 11.8 Å². The monoisotopic (exact) mass is 288 g/mol. The molecule has 0 spiro atoms. The van der Waals surface area contributed by atoms with Crippen LogP contribution in [0.25, 0.3) is 0 Å². The van der Waals surface area contributed by atoms with Gasteiger partial charge < -0.3 is 10.4 Å². The van der Waals surface area contributed by atoms with Gasteiger partial charge in [-0.25, -0.2) is 0 Å². The number of phenols is 1. The van der Waals surface area contributed by atoms with Crippen molar-refractivity contribution >= 4 is 5.91 Å². The minimum absolute atomic E-state index is 0.145. The highest BCUT2D eigenvalue weighted by Gasteiger charge is 2.42. The Morgan fingerprint density at radius 1 is 1.48 bits per heavy atom. The highest BCUT2D eigenvalue weighted by atomic mass is 16.3. The highest BCUT2D eigenvalue weighted by molar-refractivity contribution is 5.82. The number of benzene rings is 1. The quantitative estimate of drug-likeness (QED) is 0.877. The smallest absolute Gasteiger partial charge is 0.227 e. The number of likely N-dealkylation sites (tertiary alicyclic amines) is 1. The minimum atomic E-state index is -0.275. The molecule has 1 aliphatic carbocycles. The number of hydrogen-bond donors (Lipinski definition) is 2. The van der Waals surface area contributed by atoms with E-state index in [0.717, 1.165) is 38.8 Å². The van der Waals surface area contributed by atoms with Gasteiger partial charge in [-0.2, -0.15) is 0 Å². The SMILES string of the molecule is CNC(=O)C1(C)CCN(C2CCCc3cc(O)ccc32)C1. The van der Waals surface area contributed by atoms with E-state index >= 15 is 0 Å². The van der Waals surface area contributed by atoms with Gasteiger partial charge in [-0.1, -0.05) is 6.07 Å². The van der Waals surface area contributed by atoms with Crippen LogP contribution in [0.15, 0.2) is 18.2 Å². The number of nitrogens with one attached hydrogen (secondary N) is 1. The van der Waals surface area contributed by atoms with E-state index in [4.69, 9.17) is 0 Å². The zero-order valence-electron chi connectivity index (χ0n) is 12.9. The first-order chi connectivity index (χ1) is 10.0. The lowest BCUT2D eigenvalue weighted by molar-refractivity contribution is -0.129. The second-order valence-electron chi connectivity index (χ2n) is 6.65. The summed E-state index contributed by atoms with van der Waals surface area (Å²) in [5.74, 6) is 0.498. The van der Waals surface area contributed by atoms with Crippen molar-refractivity contribution in [1.29, 1.82) is 0 Å². The van der Waals surface area contributed by atoms with Crippen LogP contribution in [-0.4, -0.2) is 36.1 Å². The summed E-state index contributed by atoms with van der Waals surface area (Å²) in [5.41, 5.74) is 2.32. The van der Waals surface area contributed by atoms with Gasteiger partial charge in [0.2, 0.25) is 5.91 Å². The van der Waals surface area contributed by atoms with Gasteiger partial charge in [-0.15, -0.1) is 0 Å². The van der Waals surface area contributed by atoms with Crippen LogP contribution < -0.4 is 5.32 Å². The molecule has 21 heavy (non-hydrogen) atoms. The molecule has 0 bridgehead atoms. The molecule has 2 unspecified atom stereocenters. The standard InChI is InChI=1S/C17H24N2O2/c1-17(16(21)18-2)8-9-19(11-17)15-5-3-4-12-10-13(20)6-7-14(12)15/h6-7,10,15,20H,3-5,8-9,11H2,1-2H3,(H,18,21). The molecule has 3 rings (SSSR count). The van der Waals surface area contributed by atoms with Gasteiger partial charge >= 0.3 is 0 Å². The Bertz CT molecular complexity index is 558. The minimum Gasteiger partial charge on any atom is -0.508 e. The summed E-state index contributed by atoms with van der Waals surface area (Å²) in [6.45, 7) is 3.85. The molecule has 1 fully saturated rings. The van der Waals surface area contributed by atoms with Gasteiger partial charge in [-0.05, 0) is 62.4 Å². The first-order valence-corrected chi connectivity index (χ1v) is 7.81. The molecule has 0 saturated carbocycles. The van der Waals surface area contributed by atoms with Crippen LogP contribution in [0.5, 0.6) is 5.75 Å². The molecule has 0 aromatic heterocycles. The molecule has 2 N–H and O–H groups in total. The maximum atomic E-state index is 12.1. The Morgan fingerprint density at radius 2 is 2.29 bits per heavy atom. The lowest BCUT2D eigenvalue weighted by atomic mass is 9.86. The van der Waals surface area contributed by atoms with Gasteiger partial charge in [0.1, 0.15) is 5.75 Å². The van der Waals surface area contributed by atoms with Gasteiger partial charge in [0.25, 0.3) is 0 Å². The van der Waals surface area contributed by atoms with Crippen LogP contribution in [-0.2, 0) is 11.2 Å². The molecule has 4 nitrogen and oxygen atoms in total. The summed E-state index contributed by atoms with van der Waals surface area (Å²) >= 11 is 0. The van der Waals surface area contributed by atoms with Crippen LogP contribution in [0.1, 0.15) is 43.4 Å². The molecule has 2 atom stereocenters. The van der Waals surface area contributed by atoms with E-state index in [2.05, 4.69) is 23.2 Å². The number of aryl methyl sites for hydroxylation is 1. The number of nitrogens with zero attached hydrogens (tertiary/aromatic N) is 1. The molecule has 1 heterocycles. The number of phenolic OH excluding ortho intramolecular Hbond substituents is 1. The third-order valence-electron chi connectivity index (χ3n) is 5.13. The van der Waals surface area contributed by atoms with Crippen molar-refractivity contribution in [2.75, 3.05) is 20.1 Å². The summed E-state index contributed by atoms with van der Waals surface area (Å²) < 4.78 is 0. The summed E-state index contributed by atoms with van der Waals surface area (Å²) in [4.78, 5) is 14.5. The molecule has 1 amide bonds. The molecule has 1 aromatic rings. The van der Waals surface area contributed by atoms with E-state index in [1.165, 1.54) is 11.1 Å². The fraction of sp³-hybridized carbons (Fsp3) is 0.588. The summed E-state index contributed by atoms with van der Waals surface area (Å²) in [7, 11) is 1.72. The lowest BCUT2D eigenvalue weighted by Crippen LogP contribution is -2.40. The molecular weight excluding hydrogens is 264 g/mol. The Labute approximate surface area is 126 Å². The number of fused-ring (bicyclic) bond motifs is 1. The van der Waals surface area contributed by atoms with Crippen molar-refractivity contribution in [3.05, 3.63) is 29.3 Å². The molecular formula is C17H24N2O2. The Hall–Kier alpha value is -1.55. The molecule has 4 heteroatoms. The van der Waals surface area contributed by atoms with Crippen LogP contribution in [0.2, 0.25) is 0 Å². The van der Waals surface area contributed by atoms with Crippen molar-refractivity contribution in [3.8, 4) is 5.75 Å². The lowest BCUT2D eigenvalue weighted by Gasteiger charge is -2.34. The van der Waals surface area contributed by atoms with Crippen LogP contribution in [0.3, 0.4) is 0 Å². The third-order valence-corrected chi connectivity index (χ3v) is 5.13. The summed E-state index contributed by atoms with van der Waals surface area (Å²) in [6, 6.07) is 6.13. The Morgan fingerprint density at radius 3 is 3.05 bits per heavy atom. The molecule has 1 saturated heterocycles. The predicted molar refractivity (Wildman–Crippen MR) is 82.1 cm³/mol. The van der Waals surface area contributed by atoms with E-state index < -0.39 is 0 Å². The van der Waals surface area contributed by atoms with E-state index in [1.54, 1.807) is 13.1 Å². The van der Waals surface area contributed by atoms with Crippen molar-refractivity contribution in [2.24, 2.45) is 5.41 Å². The Kier molecular flexibility index (Phi) is 3.66. The predicted octanol–water partition coefficient (Wildman–Crippen LogP) is 2.23. The zero-order chi connectivity index (χ0) is 15.0.